The molecule has 2 heterocycles. The molecule has 5 nitrogen and oxygen atoms in total. The van der Waals surface area contributed by atoms with Crippen LogP contribution in [0.3, 0.4) is 0 Å². The van der Waals surface area contributed by atoms with E-state index in [4.69, 9.17) is 0 Å². The van der Waals surface area contributed by atoms with Crippen molar-refractivity contribution in [3.8, 4) is 5.75 Å². The molecule has 2 amide bonds. The number of rotatable bonds is 3. The standard InChI is InChI=1S/C22H18F6N2O3/c23-16-10-18(25)17(24)9-15(16)20(32)30-8-6-21(12-30)5-7-29(11-21)19(31)13-1-3-14(4-2-13)33-22(26,27)28/h1-4,9-10H,5-8,11-12H2. The summed E-state index contributed by atoms with van der Waals surface area (Å²) >= 11 is 0. The van der Waals surface area contributed by atoms with Crippen LogP contribution < -0.4 is 4.74 Å². The van der Waals surface area contributed by atoms with Crippen LogP contribution in [0.5, 0.6) is 5.75 Å². The van der Waals surface area contributed by atoms with Gasteiger partial charge in [0.2, 0.25) is 0 Å². The fraction of sp³-hybridized carbons (Fsp3) is 0.364. The van der Waals surface area contributed by atoms with Gasteiger partial charge < -0.3 is 14.5 Å². The summed E-state index contributed by atoms with van der Waals surface area (Å²) in [5.74, 6) is -5.43. The second kappa shape index (κ2) is 8.27. The van der Waals surface area contributed by atoms with E-state index in [9.17, 15) is 35.9 Å². The largest absolute Gasteiger partial charge is 0.573 e. The number of carbonyl (C=O) groups excluding carboxylic acids is 2. The first-order valence-electron chi connectivity index (χ1n) is 10.1. The van der Waals surface area contributed by atoms with Crippen LogP contribution in [0, 0.1) is 22.9 Å². The van der Waals surface area contributed by atoms with Crippen LogP contribution in [0.25, 0.3) is 0 Å². The first-order chi connectivity index (χ1) is 15.5. The third-order valence-corrected chi connectivity index (χ3v) is 6.03. The summed E-state index contributed by atoms with van der Waals surface area (Å²) in [6, 6.07) is 5.46. The van der Waals surface area contributed by atoms with Gasteiger partial charge in [-0.25, -0.2) is 13.2 Å². The fourth-order valence-corrected chi connectivity index (χ4v) is 4.39. The Balaban J connectivity index is 1.41. The number of hydrogen-bond donors (Lipinski definition) is 0. The molecule has 1 atom stereocenters. The molecule has 2 saturated heterocycles. The molecule has 11 heteroatoms. The van der Waals surface area contributed by atoms with Crippen molar-refractivity contribution in [1.29, 1.82) is 0 Å². The Kier molecular flexibility index (Phi) is 5.75. The Morgan fingerprint density at radius 1 is 0.818 bits per heavy atom. The number of likely N-dealkylation sites (tertiary alicyclic amines) is 2. The van der Waals surface area contributed by atoms with Crippen LogP contribution in [-0.2, 0) is 0 Å². The molecule has 2 aromatic carbocycles. The van der Waals surface area contributed by atoms with Crippen molar-refractivity contribution in [2.24, 2.45) is 5.41 Å². The molecule has 0 radical (unpaired) electrons. The summed E-state index contributed by atoms with van der Waals surface area (Å²) < 4.78 is 81.3. The minimum Gasteiger partial charge on any atom is -0.406 e. The molecule has 1 spiro atoms. The molecule has 0 aromatic heterocycles. The number of alkyl halides is 3. The van der Waals surface area contributed by atoms with Gasteiger partial charge in [0.15, 0.2) is 11.6 Å². The lowest BCUT2D eigenvalue weighted by Gasteiger charge is -2.25. The lowest BCUT2D eigenvalue weighted by molar-refractivity contribution is -0.274. The van der Waals surface area contributed by atoms with E-state index < -0.39 is 46.4 Å². The average Bonchev–Trinajstić information content (AvgIpc) is 3.36. The highest BCUT2D eigenvalue weighted by atomic mass is 19.4. The SMILES string of the molecule is O=C(c1ccc(OC(F)(F)F)cc1)N1CCC2(CCN(C(=O)c3cc(F)c(F)cc3F)C2)C1. The van der Waals surface area contributed by atoms with Gasteiger partial charge in [-0.15, -0.1) is 13.2 Å². The van der Waals surface area contributed by atoms with E-state index in [0.29, 0.717) is 38.1 Å². The maximum absolute atomic E-state index is 14.0. The quantitative estimate of drug-likeness (QED) is 0.492. The highest BCUT2D eigenvalue weighted by molar-refractivity contribution is 5.95. The van der Waals surface area contributed by atoms with Crippen LogP contribution in [0.15, 0.2) is 36.4 Å². The van der Waals surface area contributed by atoms with Crippen LogP contribution in [0.1, 0.15) is 33.6 Å². The Bertz CT molecular complexity index is 1090. The number of carbonyl (C=O) groups is 2. The molecular weight excluding hydrogens is 454 g/mol. The Hall–Kier alpha value is -3.24. The van der Waals surface area contributed by atoms with Gasteiger partial charge in [0.25, 0.3) is 11.8 Å². The molecule has 1 unspecified atom stereocenters. The van der Waals surface area contributed by atoms with Gasteiger partial charge in [-0.3, -0.25) is 9.59 Å². The van der Waals surface area contributed by atoms with Gasteiger partial charge in [-0.05, 0) is 43.2 Å². The monoisotopic (exact) mass is 472 g/mol. The zero-order chi connectivity index (χ0) is 24.0. The smallest absolute Gasteiger partial charge is 0.406 e. The normalized spacial score (nSPS) is 20.5. The number of hydrogen-bond acceptors (Lipinski definition) is 3. The topological polar surface area (TPSA) is 49.9 Å². The predicted octanol–water partition coefficient (Wildman–Crippen LogP) is 4.38. The van der Waals surface area contributed by atoms with E-state index in [0.717, 1.165) is 12.1 Å². The van der Waals surface area contributed by atoms with Crippen molar-refractivity contribution in [2.75, 3.05) is 26.2 Å². The first kappa shape index (κ1) is 22.9. The van der Waals surface area contributed by atoms with Gasteiger partial charge >= 0.3 is 6.36 Å². The van der Waals surface area contributed by atoms with Gasteiger partial charge in [0, 0.05) is 43.2 Å². The predicted molar refractivity (Wildman–Crippen MR) is 103 cm³/mol. The lowest BCUT2D eigenvalue weighted by atomic mass is 9.86. The minimum atomic E-state index is -4.83. The molecule has 33 heavy (non-hydrogen) atoms. The van der Waals surface area contributed by atoms with E-state index in [-0.39, 0.29) is 24.6 Å². The highest BCUT2D eigenvalue weighted by Crippen LogP contribution is 2.40. The van der Waals surface area contributed by atoms with Gasteiger partial charge in [0.05, 0.1) is 5.56 Å². The molecule has 0 aliphatic carbocycles. The number of benzene rings is 2. The van der Waals surface area contributed by atoms with Crippen LogP contribution in [-0.4, -0.2) is 54.2 Å². The van der Waals surface area contributed by atoms with Crippen molar-refractivity contribution in [2.45, 2.75) is 19.2 Å². The highest BCUT2D eigenvalue weighted by Gasteiger charge is 2.46. The molecule has 4 rings (SSSR count). The molecule has 2 fully saturated rings. The van der Waals surface area contributed by atoms with Crippen LogP contribution >= 0.6 is 0 Å². The number of nitrogens with zero attached hydrogens (tertiary/aromatic N) is 2. The van der Waals surface area contributed by atoms with E-state index in [1.807, 2.05) is 0 Å². The summed E-state index contributed by atoms with van der Waals surface area (Å²) in [4.78, 5) is 28.4. The molecule has 0 saturated carbocycles. The van der Waals surface area contributed by atoms with E-state index in [2.05, 4.69) is 4.74 Å². The summed E-state index contributed by atoms with van der Waals surface area (Å²) in [5, 5.41) is 0. The van der Waals surface area contributed by atoms with Crippen molar-refractivity contribution >= 4 is 11.8 Å². The fourth-order valence-electron chi connectivity index (χ4n) is 4.39. The Labute approximate surface area is 184 Å². The number of ether oxygens (including phenoxy) is 1. The average molecular weight is 472 g/mol. The van der Waals surface area contributed by atoms with Crippen LogP contribution in [0.4, 0.5) is 26.3 Å². The van der Waals surface area contributed by atoms with E-state index >= 15 is 0 Å². The van der Waals surface area contributed by atoms with Crippen molar-refractivity contribution in [3.63, 3.8) is 0 Å². The third-order valence-electron chi connectivity index (χ3n) is 6.03. The molecule has 0 N–H and O–H groups in total. The van der Waals surface area contributed by atoms with Crippen molar-refractivity contribution < 1.29 is 40.7 Å². The van der Waals surface area contributed by atoms with Gasteiger partial charge in [-0.1, -0.05) is 0 Å². The molecule has 176 valence electrons. The number of amides is 2. The molecule has 2 aliphatic rings. The Morgan fingerprint density at radius 3 is 1.94 bits per heavy atom. The zero-order valence-corrected chi connectivity index (χ0v) is 17.1. The van der Waals surface area contributed by atoms with E-state index in [1.54, 1.807) is 4.90 Å². The third kappa shape index (κ3) is 4.76. The second-order valence-corrected chi connectivity index (χ2v) is 8.27. The van der Waals surface area contributed by atoms with Crippen molar-refractivity contribution in [3.05, 3.63) is 65.0 Å². The van der Waals surface area contributed by atoms with Gasteiger partial charge in [-0.2, -0.15) is 0 Å². The lowest BCUT2D eigenvalue weighted by Crippen LogP contribution is -2.36. The maximum Gasteiger partial charge on any atom is 0.573 e. The second-order valence-electron chi connectivity index (χ2n) is 8.27. The maximum atomic E-state index is 14.0. The van der Waals surface area contributed by atoms with Crippen LogP contribution in [0.2, 0.25) is 0 Å². The number of halogens is 6. The zero-order valence-electron chi connectivity index (χ0n) is 17.1. The molecule has 0 bridgehead atoms. The Morgan fingerprint density at radius 2 is 1.36 bits per heavy atom. The first-order valence-corrected chi connectivity index (χ1v) is 10.1. The summed E-state index contributed by atoms with van der Waals surface area (Å²) in [5.41, 5.74) is -0.797. The summed E-state index contributed by atoms with van der Waals surface area (Å²) in [6.07, 6.45) is -3.73. The summed E-state index contributed by atoms with van der Waals surface area (Å²) in [6.45, 7) is 1.16. The molecule has 2 aliphatic heterocycles. The molecule has 2 aromatic rings. The minimum absolute atomic E-state index is 0.191. The van der Waals surface area contributed by atoms with Crippen molar-refractivity contribution in [1.82, 2.24) is 9.80 Å². The van der Waals surface area contributed by atoms with E-state index in [1.165, 1.54) is 17.0 Å². The van der Waals surface area contributed by atoms with Gasteiger partial charge in [0.1, 0.15) is 11.6 Å². The summed E-state index contributed by atoms with van der Waals surface area (Å²) in [7, 11) is 0. The molecular formula is C22H18F6N2O3.